The minimum Gasteiger partial charge on any atom is -0.444 e. The van der Waals surface area contributed by atoms with Crippen molar-refractivity contribution in [1.82, 2.24) is 46.5 Å². The number of carbonyl (C=O) groups excluding carboxylic acids is 5. The Morgan fingerprint density at radius 2 is 1.48 bits per heavy atom. The van der Waals surface area contributed by atoms with Crippen molar-refractivity contribution in [3.05, 3.63) is 77.6 Å². The third kappa shape index (κ3) is 11.8. The Hall–Kier alpha value is -6.39. The van der Waals surface area contributed by atoms with E-state index in [-0.39, 0.29) is 59.9 Å². The Morgan fingerprint density at radius 3 is 2.08 bits per heavy atom. The maximum Gasteiger partial charge on any atom is 0.410 e. The van der Waals surface area contributed by atoms with Gasteiger partial charge in [0.15, 0.2) is 0 Å². The van der Waals surface area contributed by atoms with E-state index in [9.17, 15) is 24.0 Å². The van der Waals surface area contributed by atoms with E-state index >= 15 is 0 Å². The number of nitrogens with one attached hydrogen (secondary N) is 5. The maximum atomic E-state index is 13.9. The Kier molecular flexibility index (Phi) is 13.1. The van der Waals surface area contributed by atoms with E-state index in [4.69, 9.17) is 9.47 Å². The van der Waals surface area contributed by atoms with Crippen molar-refractivity contribution in [2.75, 3.05) is 25.0 Å². The Bertz CT molecular complexity index is 2270. The fraction of sp³-hybridized carbons (Fsp3) is 0.500. The van der Waals surface area contributed by atoms with E-state index in [2.05, 4.69) is 46.9 Å². The fourth-order valence-corrected chi connectivity index (χ4v) is 8.38. The van der Waals surface area contributed by atoms with E-state index < -0.39 is 23.3 Å². The SMILES string of the molecule is Cc1nc(C(=O)NC2C3CN(C(=O)OC(C)(C)C)CC32)ccc1-c1ccc(CC(NC(=O)C2CCC(CNC(=O)OC(C)(C)C)CC2)C(=O)Nc2ccc(-c3nn[nH]n3)cc2)cc1. The molecule has 3 unspecified atom stereocenters. The molecule has 7 rings (SSSR count). The number of ether oxygens (including phenoxy) is 2. The van der Waals surface area contributed by atoms with Gasteiger partial charge in [-0.15, -0.1) is 10.2 Å². The molecule has 2 saturated carbocycles. The summed E-state index contributed by atoms with van der Waals surface area (Å²) in [7, 11) is 0. The molecule has 17 nitrogen and oxygen atoms in total. The molecule has 17 heteroatoms. The molecule has 4 aromatic rings. The molecule has 2 aromatic carbocycles. The average molecular weight is 863 g/mol. The van der Waals surface area contributed by atoms with Gasteiger partial charge in [0, 0.05) is 72.4 Å². The monoisotopic (exact) mass is 862 g/mol. The molecule has 5 N–H and O–H groups in total. The van der Waals surface area contributed by atoms with Crippen molar-refractivity contribution < 1.29 is 33.4 Å². The van der Waals surface area contributed by atoms with Gasteiger partial charge in [-0.3, -0.25) is 14.4 Å². The molecule has 3 heterocycles. The molecular weight excluding hydrogens is 805 g/mol. The van der Waals surface area contributed by atoms with Crippen LogP contribution < -0.4 is 21.3 Å². The van der Waals surface area contributed by atoms with Gasteiger partial charge in [0.25, 0.3) is 5.91 Å². The summed E-state index contributed by atoms with van der Waals surface area (Å²) in [6.45, 7) is 14.4. The van der Waals surface area contributed by atoms with Crippen molar-refractivity contribution in [3.63, 3.8) is 0 Å². The van der Waals surface area contributed by atoms with Gasteiger partial charge in [-0.05, 0) is 127 Å². The standard InChI is InChI=1S/C46H58N10O7/c1-26-33(20-21-36(48-26)41(58)51-38-34-24-56(25-35(34)38)44(61)63-46(5,6)7)29-12-8-27(9-13-29)22-37(42(59)49-32-18-16-30(17-19-32)39-52-54-55-53-39)50-40(57)31-14-10-28(11-15-31)23-47-43(60)62-45(2,3)4/h8-9,12-13,16-21,28,31,34-35,37-38H,10-11,14-15,22-25H2,1-7H3,(H,47,60)(H,49,59)(H,50,57)(H,51,58)(H,52,53,54,55). The van der Waals surface area contributed by atoms with Crippen LogP contribution in [0.3, 0.4) is 0 Å². The molecule has 1 saturated heterocycles. The van der Waals surface area contributed by atoms with Crippen molar-refractivity contribution >= 4 is 35.6 Å². The van der Waals surface area contributed by atoms with Crippen molar-refractivity contribution in [2.24, 2.45) is 23.7 Å². The number of alkyl carbamates (subject to hydrolysis) is 1. The second-order valence-electron chi connectivity index (χ2n) is 18.9. The van der Waals surface area contributed by atoms with Gasteiger partial charge in [-0.25, -0.2) is 14.6 Å². The molecule has 0 radical (unpaired) electrons. The lowest BCUT2D eigenvalue weighted by Gasteiger charge is -2.29. The smallest absolute Gasteiger partial charge is 0.410 e. The van der Waals surface area contributed by atoms with Gasteiger partial charge in [0.1, 0.15) is 22.9 Å². The summed E-state index contributed by atoms with van der Waals surface area (Å²) in [4.78, 5) is 71.9. The zero-order chi connectivity index (χ0) is 45.1. The molecule has 2 aliphatic carbocycles. The Labute approximate surface area is 367 Å². The lowest BCUT2D eigenvalue weighted by molar-refractivity contribution is -0.130. The van der Waals surface area contributed by atoms with Crippen molar-refractivity contribution in [1.29, 1.82) is 0 Å². The molecule has 2 aromatic heterocycles. The molecule has 5 amide bonds. The molecule has 3 fully saturated rings. The Morgan fingerprint density at radius 1 is 0.825 bits per heavy atom. The zero-order valence-electron chi connectivity index (χ0n) is 37.0. The molecule has 3 atom stereocenters. The third-order valence-corrected chi connectivity index (χ3v) is 11.7. The van der Waals surface area contributed by atoms with Crippen LogP contribution in [0.4, 0.5) is 15.3 Å². The molecule has 1 aliphatic heterocycles. The van der Waals surface area contributed by atoms with Gasteiger partial charge in [0.2, 0.25) is 17.6 Å². The number of fused-ring (bicyclic) bond motifs is 1. The number of aromatic nitrogens is 5. The topological polar surface area (TPSA) is 223 Å². The summed E-state index contributed by atoms with van der Waals surface area (Å²) in [5.74, 6) is -0.00315. The highest BCUT2D eigenvalue weighted by Gasteiger charge is 2.58. The molecule has 334 valence electrons. The first-order valence-corrected chi connectivity index (χ1v) is 21.7. The predicted octanol–water partition coefficient (Wildman–Crippen LogP) is 5.83. The average Bonchev–Trinajstić information content (AvgIpc) is 3.59. The number of hydrogen-bond acceptors (Lipinski definition) is 11. The molecule has 3 aliphatic rings. The van der Waals surface area contributed by atoms with E-state index in [1.165, 1.54) is 0 Å². The second-order valence-corrected chi connectivity index (χ2v) is 18.9. The summed E-state index contributed by atoms with van der Waals surface area (Å²) in [6.07, 6.45) is 2.26. The number of pyridine rings is 1. The minimum atomic E-state index is -0.876. The maximum absolute atomic E-state index is 13.9. The van der Waals surface area contributed by atoms with Gasteiger partial charge in [-0.1, -0.05) is 30.3 Å². The number of hydrogen-bond donors (Lipinski definition) is 5. The Balaban J connectivity index is 0.962. The number of aromatic amines is 1. The van der Waals surface area contributed by atoms with Crippen LogP contribution in [-0.2, 0) is 25.5 Å². The highest BCUT2D eigenvalue weighted by Crippen LogP contribution is 2.46. The summed E-state index contributed by atoms with van der Waals surface area (Å²) >= 11 is 0. The molecule has 0 spiro atoms. The van der Waals surface area contributed by atoms with E-state index in [0.717, 1.165) is 35.1 Å². The van der Waals surface area contributed by atoms with Crippen molar-refractivity contribution in [3.8, 4) is 22.5 Å². The van der Waals surface area contributed by atoms with Crippen LogP contribution in [0.1, 0.15) is 89.0 Å². The zero-order valence-corrected chi connectivity index (χ0v) is 37.0. The van der Waals surface area contributed by atoms with Crippen molar-refractivity contribution in [2.45, 2.75) is 104 Å². The molecule has 63 heavy (non-hydrogen) atoms. The number of benzene rings is 2. The number of aryl methyl sites for hydroxylation is 1. The summed E-state index contributed by atoms with van der Waals surface area (Å²) < 4.78 is 10.9. The number of amides is 5. The predicted molar refractivity (Wildman–Crippen MR) is 234 cm³/mol. The first-order valence-electron chi connectivity index (χ1n) is 21.7. The van der Waals surface area contributed by atoms with Gasteiger partial charge >= 0.3 is 12.2 Å². The van der Waals surface area contributed by atoms with Gasteiger partial charge in [-0.2, -0.15) is 5.21 Å². The number of likely N-dealkylation sites (tertiary alicyclic amines) is 1. The van der Waals surface area contributed by atoms with Crippen LogP contribution in [0.5, 0.6) is 0 Å². The quantitative estimate of drug-likeness (QED) is 0.114. The third-order valence-electron chi connectivity index (χ3n) is 11.7. The van der Waals surface area contributed by atoms with Gasteiger partial charge in [0.05, 0.1) is 0 Å². The number of tetrazole rings is 1. The lowest BCUT2D eigenvalue weighted by Crippen LogP contribution is -2.48. The summed E-state index contributed by atoms with van der Waals surface area (Å²) in [5, 5.41) is 26.0. The van der Waals surface area contributed by atoms with E-state index in [1.807, 2.05) is 78.8 Å². The van der Waals surface area contributed by atoms with Crippen LogP contribution in [0.2, 0.25) is 0 Å². The van der Waals surface area contributed by atoms with Gasteiger partial charge < -0.3 is 35.6 Å². The number of rotatable bonds is 12. The van der Waals surface area contributed by atoms with Crippen LogP contribution in [0.15, 0.2) is 60.7 Å². The summed E-state index contributed by atoms with van der Waals surface area (Å²) in [5.41, 5.74) is 3.72. The highest BCUT2D eigenvalue weighted by molar-refractivity contribution is 5.98. The largest absolute Gasteiger partial charge is 0.444 e. The number of carbonyl (C=O) groups is 5. The highest BCUT2D eigenvalue weighted by atomic mass is 16.6. The molecule has 0 bridgehead atoms. The lowest BCUT2D eigenvalue weighted by atomic mass is 9.81. The van der Waals surface area contributed by atoms with Crippen LogP contribution in [0.25, 0.3) is 22.5 Å². The normalized spacial score (nSPS) is 21.1. The summed E-state index contributed by atoms with van der Waals surface area (Å²) in [6, 6.07) is 17.5. The van der Waals surface area contributed by atoms with E-state index in [1.54, 1.807) is 35.2 Å². The number of nitrogens with zero attached hydrogens (tertiary/aromatic N) is 5. The number of H-pyrrole nitrogens is 1. The van der Waals surface area contributed by atoms with Crippen LogP contribution in [0, 0.1) is 30.6 Å². The van der Waals surface area contributed by atoms with Crippen LogP contribution >= 0.6 is 0 Å². The first kappa shape index (κ1) is 44.7. The number of piperidine rings is 1. The fourth-order valence-electron chi connectivity index (χ4n) is 8.38. The van der Waals surface area contributed by atoms with Crippen LogP contribution in [-0.4, -0.2) is 103 Å². The minimum absolute atomic E-state index is 0.000620. The second kappa shape index (κ2) is 18.5. The molecular formula is C46H58N10O7. The van der Waals surface area contributed by atoms with E-state index in [0.29, 0.717) is 55.4 Å². The first-order chi connectivity index (χ1) is 29.9. The number of anilines is 1.